The predicted octanol–water partition coefficient (Wildman–Crippen LogP) is 0.919. The summed E-state index contributed by atoms with van der Waals surface area (Å²) in [5.41, 5.74) is 2.21. The first-order valence-corrected chi connectivity index (χ1v) is 4.75. The van der Waals surface area contributed by atoms with Gasteiger partial charge in [0.25, 0.3) is 0 Å². The monoisotopic (exact) mass is 205 g/mol. The summed E-state index contributed by atoms with van der Waals surface area (Å²) in [5, 5.41) is 13.0. The van der Waals surface area contributed by atoms with Crippen molar-refractivity contribution in [1.29, 1.82) is 0 Å². The third-order valence-electron chi connectivity index (χ3n) is 2.18. The van der Waals surface area contributed by atoms with Gasteiger partial charge in [0.1, 0.15) is 0 Å². The van der Waals surface area contributed by atoms with E-state index >= 15 is 0 Å². The third-order valence-corrected chi connectivity index (χ3v) is 2.18. The van der Waals surface area contributed by atoms with Crippen LogP contribution in [-0.2, 0) is 17.6 Å². The molecule has 2 aromatic heterocycles. The van der Waals surface area contributed by atoms with Gasteiger partial charge in [-0.15, -0.1) is 0 Å². The van der Waals surface area contributed by atoms with Crippen LogP contribution in [-0.4, -0.2) is 25.7 Å². The number of aliphatic carboxylic acids is 1. The Labute approximate surface area is 86.4 Å². The molecule has 78 valence electrons. The molecule has 0 atom stereocenters. The van der Waals surface area contributed by atoms with Crippen molar-refractivity contribution in [3.8, 4) is 0 Å². The Hall–Kier alpha value is -1.91. The number of aryl methyl sites for hydroxylation is 1. The predicted molar refractivity (Wildman–Crippen MR) is 53.7 cm³/mol. The minimum atomic E-state index is -0.875. The third kappa shape index (κ3) is 1.81. The second-order valence-corrected chi connectivity index (χ2v) is 3.27. The average molecular weight is 205 g/mol. The zero-order valence-corrected chi connectivity index (χ0v) is 8.34. The molecule has 0 spiro atoms. The van der Waals surface area contributed by atoms with E-state index in [4.69, 9.17) is 5.11 Å². The summed E-state index contributed by atoms with van der Waals surface area (Å²) in [6, 6.07) is 3.74. The number of aromatic nitrogens is 3. The van der Waals surface area contributed by atoms with Crippen molar-refractivity contribution in [2.45, 2.75) is 19.8 Å². The Morgan fingerprint density at radius 2 is 2.33 bits per heavy atom. The van der Waals surface area contributed by atoms with Crippen LogP contribution < -0.4 is 0 Å². The van der Waals surface area contributed by atoms with E-state index in [0.29, 0.717) is 11.3 Å². The number of hydrogen-bond donors (Lipinski definition) is 1. The molecular weight excluding hydrogens is 194 g/mol. The molecule has 0 aliphatic heterocycles. The van der Waals surface area contributed by atoms with Gasteiger partial charge in [-0.2, -0.15) is 5.10 Å². The first-order chi connectivity index (χ1) is 7.20. The second kappa shape index (κ2) is 3.68. The van der Waals surface area contributed by atoms with Gasteiger partial charge in [-0.3, -0.25) is 4.79 Å². The van der Waals surface area contributed by atoms with Crippen LogP contribution in [0.3, 0.4) is 0 Å². The summed E-state index contributed by atoms with van der Waals surface area (Å²) in [7, 11) is 0. The molecule has 15 heavy (non-hydrogen) atoms. The molecule has 0 fully saturated rings. The molecule has 0 amide bonds. The van der Waals surface area contributed by atoms with Gasteiger partial charge in [0.2, 0.25) is 0 Å². The molecule has 0 unspecified atom stereocenters. The first-order valence-electron chi connectivity index (χ1n) is 4.75. The Morgan fingerprint density at radius 3 is 3.00 bits per heavy atom. The van der Waals surface area contributed by atoms with E-state index in [2.05, 4.69) is 10.1 Å². The number of carbonyl (C=O) groups is 1. The summed E-state index contributed by atoms with van der Waals surface area (Å²) < 4.78 is 1.59. The lowest BCUT2D eigenvalue weighted by atomic mass is 10.3. The van der Waals surface area contributed by atoms with E-state index in [9.17, 15) is 4.79 Å². The zero-order chi connectivity index (χ0) is 10.8. The van der Waals surface area contributed by atoms with E-state index in [1.54, 1.807) is 10.7 Å². The van der Waals surface area contributed by atoms with E-state index < -0.39 is 5.97 Å². The fourth-order valence-corrected chi connectivity index (χ4v) is 1.42. The number of nitrogens with zero attached hydrogens (tertiary/aromatic N) is 3. The van der Waals surface area contributed by atoms with Crippen molar-refractivity contribution in [2.24, 2.45) is 0 Å². The smallest absolute Gasteiger partial charge is 0.309 e. The molecular formula is C10H11N3O2. The van der Waals surface area contributed by atoms with Gasteiger partial charge in [0.15, 0.2) is 5.65 Å². The van der Waals surface area contributed by atoms with Gasteiger partial charge in [-0.1, -0.05) is 6.92 Å². The van der Waals surface area contributed by atoms with Crippen LogP contribution in [0.4, 0.5) is 0 Å². The highest BCUT2D eigenvalue weighted by Crippen LogP contribution is 2.07. The summed E-state index contributed by atoms with van der Waals surface area (Å²) in [4.78, 5) is 14.7. The molecule has 5 nitrogen and oxygen atoms in total. The van der Waals surface area contributed by atoms with E-state index in [0.717, 1.165) is 12.1 Å². The van der Waals surface area contributed by atoms with Crippen LogP contribution >= 0.6 is 0 Å². The first kappa shape index (κ1) is 9.64. The number of fused-ring (bicyclic) bond motifs is 1. The maximum absolute atomic E-state index is 10.6. The molecule has 5 heteroatoms. The van der Waals surface area contributed by atoms with Crippen molar-refractivity contribution >= 4 is 11.6 Å². The van der Waals surface area contributed by atoms with Gasteiger partial charge in [-0.25, -0.2) is 9.50 Å². The second-order valence-electron chi connectivity index (χ2n) is 3.27. The van der Waals surface area contributed by atoms with E-state index in [-0.39, 0.29) is 6.42 Å². The van der Waals surface area contributed by atoms with Gasteiger partial charge < -0.3 is 5.11 Å². The molecule has 2 aromatic rings. The topological polar surface area (TPSA) is 67.5 Å². The van der Waals surface area contributed by atoms with Crippen LogP contribution in [0.15, 0.2) is 18.3 Å². The Bertz CT molecular complexity index is 504. The van der Waals surface area contributed by atoms with Crippen LogP contribution in [0.2, 0.25) is 0 Å². The molecule has 0 saturated carbocycles. The normalized spacial score (nSPS) is 10.7. The van der Waals surface area contributed by atoms with Crippen LogP contribution in [0.5, 0.6) is 0 Å². The number of rotatable bonds is 3. The van der Waals surface area contributed by atoms with Gasteiger partial charge in [-0.05, 0) is 18.6 Å². The van der Waals surface area contributed by atoms with E-state index in [1.807, 2.05) is 19.1 Å². The maximum Gasteiger partial charge on any atom is 0.309 e. The Balaban J connectivity index is 2.51. The lowest BCUT2D eigenvalue weighted by Crippen LogP contribution is -2.06. The largest absolute Gasteiger partial charge is 0.481 e. The summed E-state index contributed by atoms with van der Waals surface area (Å²) >= 11 is 0. The summed E-state index contributed by atoms with van der Waals surface area (Å²) in [6.07, 6.45) is 2.32. The number of imidazole rings is 1. The molecule has 0 aromatic carbocycles. The highest BCUT2D eigenvalue weighted by atomic mass is 16.4. The zero-order valence-electron chi connectivity index (χ0n) is 8.34. The van der Waals surface area contributed by atoms with Crippen molar-refractivity contribution in [3.05, 3.63) is 29.7 Å². The standard InChI is InChI=1S/C10H11N3O2/c1-2-7-3-4-9-11-6-8(5-10(14)15)13(9)12-7/h3-4,6H,2,5H2,1H3,(H,14,15). The lowest BCUT2D eigenvalue weighted by molar-refractivity contribution is -0.136. The average Bonchev–Trinajstić information content (AvgIpc) is 2.60. The van der Waals surface area contributed by atoms with Gasteiger partial charge >= 0.3 is 5.97 Å². The highest BCUT2D eigenvalue weighted by Gasteiger charge is 2.08. The molecule has 0 aliphatic rings. The molecule has 2 heterocycles. The fraction of sp³-hybridized carbons (Fsp3) is 0.300. The SMILES string of the molecule is CCc1ccc2ncc(CC(=O)O)n2n1. The van der Waals surface area contributed by atoms with Crippen LogP contribution in [0, 0.1) is 0 Å². The quantitative estimate of drug-likeness (QED) is 0.809. The van der Waals surface area contributed by atoms with Gasteiger partial charge in [0, 0.05) is 0 Å². The highest BCUT2D eigenvalue weighted by molar-refractivity contribution is 5.69. The Morgan fingerprint density at radius 1 is 1.53 bits per heavy atom. The summed E-state index contributed by atoms with van der Waals surface area (Å²) in [6.45, 7) is 2.00. The van der Waals surface area contributed by atoms with Crippen molar-refractivity contribution in [2.75, 3.05) is 0 Å². The van der Waals surface area contributed by atoms with Crippen molar-refractivity contribution < 1.29 is 9.90 Å². The maximum atomic E-state index is 10.6. The Kier molecular flexibility index (Phi) is 2.37. The molecule has 0 saturated heterocycles. The van der Waals surface area contributed by atoms with E-state index in [1.165, 1.54) is 0 Å². The minimum absolute atomic E-state index is 0.0542. The molecule has 0 radical (unpaired) electrons. The van der Waals surface area contributed by atoms with Crippen LogP contribution in [0.1, 0.15) is 18.3 Å². The van der Waals surface area contributed by atoms with Gasteiger partial charge in [0.05, 0.1) is 24.0 Å². The fourth-order valence-electron chi connectivity index (χ4n) is 1.42. The molecule has 0 bridgehead atoms. The molecule has 2 rings (SSSR count). The lowest BCUT2D eigenvalue weighted by Gasteiger charge is -2.00. The minimum Gasteiger partial charge on any atom is -0.481 e. The van der Waals surface area contributed by atoms with Crippen molar-refractivity contribution in [3.63, 3.8) is 0 Å². The number of hydrogen-bond acceptors (Lipinski definition) is 3. The molecule has 0 aliphatic carbocycles. The van der Waals surface area contributed by atoms with Crippen molar-refractivity contribution in [1.82, 2.24) is 14.6 Å². The molecule has 1 N–H and O–H groups in total. The number of carboxylic acids is 1. The van der Waals surface area contributed by atoms with Crippen LogP contribution in [0.25, 0.3) is 5.65 Å². The summed E-state index contributed by atoms with van der Waals surface area (Å²) in [5.74, 6) is -0.875. The number of carboxylic acid groups (broad SMARTS) is 1.